The van der Waals surface area contributed by atoms with Crippen LogP contribution in [-0.2, 0) is 6.54 Å². The van der Waals surface area contributed by atoms with Crippen molar-refractivity contribution in [1.29, 1.82) is 0 Å². The number of hydrogen-bond acceptors (Lipinski definition) is 5. The van der Waals surface area contributed by atoms with Gasteiger partial charge in [-0.2, -0.15) is 0 Å². The molecular weight excluding hydrogens is 238 g/mol. The molecule has 100 valence electrons. The van der Waals surface area contributed by atoms with Gasteiger partial charge in [-0.05, 0) is 18.1 Å². The second kappa shape index (κ2) is 6.68. The van der Waals surface area contributed by atoms with E-state index in [2.05, 4.69) is 38.2 Å². The number of anilines is 2. The van der Waals surface area contributed by atoms with Gasteiger partial charge in [0.05, 0.1) is 12.4 Å². The van der Waals surface area contributed by atoms with Crippen molar-refractivity contribution >= 4 is 11.6 Å². The highest BCUT2D eigenvalue weighted by molar-refractivity contribution is 5.43. The Morgan fingerprint density at radius 1 is 1.21 bits per heavy atom. The number of hydrogen-bond donors (Lipinski definition) is 1. The van der Waals surface area contributed by atoms with E-state index in [0.29, 0.717) is 0 Å². The van der Waals surface area contributed by atoms with Crippen molar-refractivity contribution in [3.63, 3.8) is 0 Å². The highest BCUT2D eigenvalue weighted by Crippen LogP contribution is 2.13. The summed E-state index contributed by atoms with van der Waals surface area (Å²) in [4.78, 5) is 14.9. The van der Waals surface area contributed by atoms with Crippen LogP contribution in [0, 0.1) is 0 Å². The first-order valence-electron chi connectivity index (χ1n) is 6.45. The van der Waals surface area contributed by atoms with E-state index in [1.54, 1.807) is 18.6 Å². The van der Waals surface area contributed by atoms with Crippen molar-refractivity contribution in [2.75, 3.05) is 23.8 Å². The molecule has 19 heavy (non-hydrogen) atoms. The van der Waals surface area contributed by atoms with Crippen LogP contribution >= 0.6 is 0 Å². The lowest BCUT2D eigenvalue weighted by atomic mass is 10.3. The maximum atomic E-state index is 4.54. The molecule has 0 aromatic carbocycles. The van der Waals surface area contributed by atoms with Crippen LogP contribution in [0.2, 0.25) is 0 Å². The molecule has 1 N–H and O–H groups in total. The minimum Gasteiger partial charge on any atom is -0.369 e. The summed E-state index contributed by atoms with van der Waals surface area (Å²) in [6, 6.07) is 3.99. The average molecular weight is 257 g/mol. The molecule has 2 heterocycles. The zero-order valence-corrected chi connectivity index (χ0v) is 11.4. The van der Waals surface area contributed by atoms with Crippen LogP contribution in [0.15, 0.2) is 36.9 Å². The third-order valence-electron chi connectivity index (χ3n) is 2.71. The van der Waals surface area contributed by atoms with Gasteiger partial charge in [0, 0.05) is 32.5 Å². The van der Waals surface area contributed by atoms with Gasteiger partial charge in [-0.25, -0.2) is 4.98 Å². The van der Waals surface area contributed by atoms with E-state index >= 15 is 0 Å². The first-order valence-corrected chi connectivity index (χ1v) is 6.45. The number of nitrogens with zero attached hydrogens (tertiary/aromatic N) is 4. The Morgan fingerprint density at radius 2 is 2.11 bits per heavy atom. The summed E-state index contributed by atoms with van der Waals surface area (Å²) in [6.45, 7) is 3.79. The van der Waals surface area contributed by atoms with E-state index in [1.807, 2.05) is 19.3 Å². The second-order valence-corrected chi connectivity index (χ2v) is 4.41. The van der Waals surface area contributed by atoms with Crippen LogP contribution < -0.4 is 10.2 Å². The molecule has 0 aliphatic rings. The maximum Gasteiger partial charge on any atom is 0.149 e. The summed E-state index contributed by atoms with van der Waals surface area (Å²) >= 11 is 0. The molecule has 0 unspecified atom stereocenters. The van der Waals surface area contributed by atoms with Crippen molar-refractivity contribution in [3.8, 4) is 0 Å². The minimum absolute atomic E-state index is 0.764. The normalized spacial score (nSPS) is 10.2. The Hall–Kier alpha value is -2.17. The molecule has 0 atom stereocenters. The maximum absolute atomic E-state index is 4.54. The molecule has 0 bridgehead atoms. The lowest BCUT2D eigenvalue weighted by Crippen LogP contribution is -2.18. The number of pyridine rings is 1. The van der Waals surface area contributed by atoms with Gasteiger partial charge in [0.1, 0.15) is 11.6 Å². The summed E-state index contributed by atoms with van der Waals surface area (Å²) in [5.74, 6) is 1.67. The van der Waals surface area contributed by atoms with Gasteiger partial charge in [0.25, 0.3) is 0 Å². The van der Waals surface area contributed by atoms with Gasteiger partial charge < -0.3 is 10.2 Å². The number of aromatic nitrogens is 3. The van der Waals surface area contributed by atoms with Gasteiger partial charge in [0.2, 0.25) is 0 Å². The van der Waals surface area contributed by atoms with Crippen molar-refractivity contribution in [1.82, 2.24) is 15.0 Å². The molecular formula is C14H19N5. The first kappa shape index (κ1) is 13.3. The summed E-state index contributed by atoms with van der Waals surface area (Å²) in [7, 11) is 2.00. The number of nitrogens with one attached hydrogen (secondary N) is 1. The fourth-order valence-electron chi connectivity index (χ4n) is 1.72. The van der Waals surface area contributed by atoms with Gasteiger partial charge in [0.15, 0.2) is 0 Å². The van der Waals surface area contributed by atoms with E-state index in [1.165, 1.54) is 0 Å². The van der Waals surface area contributed by atoms with Crippen LogP contribution in [0.5, 0.6) is 0 Å². The Morgan fingerprint density at radius 3 is 2.84 bits per heavy atom. The SMILES string of the molecule is CCCNc1cncc(N(C)Cc2cccnc2)n1. The summed E-state index contributed by atoms with van der Waals surface area (Å²) in [5.41, 5.74) is 1.15. The third-order valence-corrected chi connectivity index (χ3v) is 2.71. The first-order chi connectivity index (χ1) is 9.29. The molecule has 0 amide bonds. The fourth-order valence-corrected chi connectivity index (χ4v) is 1.72. The molecule has 0 fully saturated rings. The average Bonchev–Trinajstić information content (AvgIpc) is 2.46. The van der Waals surface area contributed by atoms with Crippen LogP contribution in [0.25, 0.3) is 0 Å². The Balaban J connectivity index is 2.04. The zero-order chi connectivity index (χ0) is 13.5. The minimum atomic E-state index is 0.764. The quantitative estimate of drug-likeness (QED) is 0.860. The van der Waals surface area contributed by atoms with Crippen molar-refractivity contribution in [2.45, 2.75) is 19.9 Å². The molecule has 0 spiro atoms. The van der Waals surface area contributed by atoms with E-state index in [-0.39, 0.29) is 0 Å². The second-order valence-electron chi connectivity index (χ2n) is 4.41. The van der Waals surface area contributed by atoms with Crippen LogP contribution in [0.3, 0.4) is 0 Å². The molecule has 0 radical (unpaired) electrons. The van der Waals surface area contributed by atoms with E-state index in [4.69, 9.17) is 0 Å². The molecule has 5 heteroatoms. The van der Waals surface area contributed by atoms with Gasteiger partial charge >= 0.3 is 0 Å². The predicted octanol–water partition coefficient (Wildman–Crippen LogP) is 2.33. The summed E-state index contributed by atoms with van der Waals surface area (Å²) in [6.07, 6.45) is 8.23. The van der Waals surface area contributed by atoms with Gasteiger partial charge in [-0.1, -0.05) is 13.0 Å². The van der Waals surface area contributed by atoms with E-state index in [0.717, 1.165) is 36.7 Å². The molecule has 0 aliphatic carbocycles. The molecule has 0 aliphatic heterocycles. The zero-order valence-electron chi connectivity index (χ0n) is 11.4. The highest BCUT2D eigenvalue weighted by Gasteiger charge is 2.05. The van der Waals surface area contributed by atoms with Gasteiger partial charge in [-0.3, -0.25) is 9.97 Å². The van der Waals surface area contributed by atoms with Crippen LogP contribution in [-0.4, -0.2) is 28.5 Å². The topological polar surface area (TPSA) is 53.9 Å². The van der Waals surface area contributed by atoms with Gasteiger partial charge in [-0.15, -0.1) is 0 Å². The van der Waals surface area contributed by atoms with Crippen molar-refractivity contribution in [2.24, 2.45) is 0 Å². The molecule has 2 rings (SSSR count). The largest absolute Gasteiger partial charge is 0.369 e. The Kier molecular flexibility index (Phi) is 4.66. The van der Waals surface area contributed by atoms with E-state index < -0.39 is 0 Å². The molecule has 0 saturated heterocycles. The summed E-state index contributed by atoms with van der Waals surface area (Å²) in [5, 5.41) is 3.24. The predicted molar refractivity (Wildman–Crippen MR) is 77.2 cm³/mol. The lowest BCUT2D eigenvalue weighted by molar-refractivity contribution is 0.880. The molecule has 0 saturated carbocycles. The van der Waals surface area contributed by atoms with Crippen LogP contribution in [0.1, 0.15) is 18.9 Å². The highest BCUT2D eigenvalue weighted by atomic mass is 15.2. The monoisotopic (exact) mass is 257 g/mol. The smallest absolute Gasteiger partial charge is 0.149 e. The lowest BCUT2D eigenvalue weighted by Gasteiger charge is -2.18. The van der Waals surface area contributed by atoms with E-state index in [9.17, 15) is 0 Å². The fraction of sp³-hybridized carbons (Fsp3) is 0.357. The number of rotatable bonds is 6. The standard InChI is InChI=1S/C14H19N5/c1-3-6-17-13-9-16-10-14(18-13)19(2)11-12-5-4-7-15-8-12/h4-5,7-10H,3,6,11H2,1-2H3,(H,17,18). The Bertz CT molecular complexity index is 500. The third kappa shape index (κ3) is 3.91. The van der Waals surface area contributed by atoms with Crippen molar-refractivity contribution < 1.29 is 0 Å². The molecule has 2 aromatic heterocycles. The molecule has 2 aromatic rings. The Labute approximate surface area is 113 Å². The molecule has 5 nitrogen and oxygen atoms in total. The summed E-state index contributed by atoms with van der Waals surface area (Å²) < 4.78 is 0. The van der Waals surface area contributed by atoms with Crippen molar-refractivity contribution in [3.05, 3.63) is 42.5 Å². The van der Waals surface area contributed by atoms with Crippen LogP contribution in [0.4, 0.5) is 11.6 Å².